The van der Waals surface area contributed by atoms with Gasteiger partial charge in [-0.3, -0.25) is 4.79 Å². The first-order valence-electron chi connectivity index (χ1n) is 13.7. The number of ether oxygens (including phenoxy) is 2. The van der Waals surface area contributed by atoms with Gasteiger partial charge in [-0.05, 0) is 30.0 Å². The first-order valence-corrected chi connectivity index (χ1v) is 13.7. The second kappa shape index (κ2) is 17.7. The van der Waals surface area contributed by atoms with E-state index in [0.717, 1.165) is 6.42 Å². The first kappa shape index (κ1) is 30.7. The summed E-state index contributed by atoms with van der Waals surface area (Å²) in [6.07, 6.45) is 0.832. The fraction of sp³-hybridized carbons (Fsp3) is 0.448. The fourth-order valence-electron chi connectivity index (χ4n) is 3.64. The summed E-state index contributed by atoms with van der Waals surface area (Å²) in [7, 11) is 0. The van der Waals surface area contributed by atoms with Crippen molar-refractivity contribution in [3.8, 4) is 0 Å². The van der Waals surface area contributed by atoms with E-state index in [1.54, 1.807) is 12.1 Å². The van der Waals surface area contributed by atoms with Crippen LogP contribution in [0.2, 0.25) is 0 Å². The number of aliphatic hydroxyl groups excluding tert-OH is 1. The minimum absolute atomic E-state index is 0.0296. The molecule has 0 fully saturated rings. The highest BCUT2D eigenvalue weighted by atomic mass is 16.5. The highest BCUT2D eigenvalue weighted by Crippen LogP contribution is 2.13. The van der Waals surface area contributed by atoms with E-state index in [2.05, 4.69) is 48.4 Å². The van der Waals surface area contributed by atoms with Gasteiger partial charge in [-0.15, -0.1) is 0 Å². The molecular formula is C29H41N7O4. The van der Waals surface area contributed by atoms with Crippen LogP contribution in [0.3, 0.4) is 0 Å². The second-order valence-corrected chi connectivity index (χ2v) is 9.42. The molecule has 40 heavy (non-hydrogen) atoms. The molecule has 1 atom stereocenters. The second-order valence-electron chi connectivity index (χ2n) is 9.42. The Kier molecular flexibility index (Phi) is 13.6. The molecular weight excluding hydrogens is 510 g/mol. The van der Waals surface area contributed by atoms with Crippen molar-refractivity contribution < 1.29 is 19.4 Å². The summed E-state index contributed by atoms with van der Waals surface area (Å²) in [5, 5.41) is 22.2. The van der Waals surface area contributed by atoms with Gasteiger partial charge < -0.3 is 35.8 Å². The van der Waals surface area contributed by atoms with Gasteiger partial charge in [-0.1, -0.05) is 62.4 Å². The fourth-order valence-corrected chi connectivity index (χ4v) is 3.64. The highest BCUT2D eigenvalue weighted by molar-refractivity contribution is 5.94. The van der Waals surface area contributed by atoms with Crippen LogP contribution in [0.1, 0.15) is 29.8 Å². The van der Waals surface area contributed by atoms with Crippen LogP contribution in [-0.4, -0.2) is 84.7 Å². The Morgan fingerprint density at radius 1 is 0.775 bits per heavy atom. The Hall–Kier alpha value is -3.80. The van der Waals surface area contributed by atoms with Gasteiger partial charge in [-0.25, -0.2) is 0 Å². The summed E-state index contributed by atoms with van der Waals surface area (Å²) in [4.78, 5) is 25.4. The molecule has 0 radical (unpaired) electrons. The average Bonchev–Trinajstić information content (AvgIpc) is 2.97. The Morgan fingerprint density at radius 3 is 1.98 bits per heavy atom. The van der Waals surface area contributed by atoms with Gasteiger partial charge in [0.2, 0.25) is 17.8 Å². The molecule has 11 heteroatoms. The third-order valence-corrected chi connectivity index (χ3v) is 5.96. The lowest BCUT2D eigenvalue weighted by atomic mass is 10.1. The van der Waals surface area contributed by atoms with Crippen LogP contribution < -0.4 is 21.3 Å². The number of nitrogens with one attached hydrogen (secondary N) is 4. The summed E-state index contributed by atoms with van der Waals surface area (Å²) in [6, 6.07) is 19.1. The number of carbonyl (C=O) groups is 1. The normalized spacial score (nSPS) is 11.7. The first-order chi connectivity index (χ1) is 19.5. The van der Waals surface area contributed by atoms with Crippen molar-refractivity contribution in [1.82, 2.24) is 20.3 Å². The molecule has 0 aliphatic rings. The van der Waals surface area contributed by atoms with Crippen molar-refractivity contribution in [2.24, 2.45) is 5.92 Å². The maximum absolute atomic E-state index is 12.0. The van der Waals surface area contributed by atoms with E-state index >= 15 is 0 Å². The van der Waals surface area contributed by atoms with Crippen LogP contribution in [-0.2, 0) is 15.9 Å². The zero-order chi connectivity index (χ0) is 28.4. The van der Waals surface area contributed by atoms with Crippen molar-refractivity contribution in [1.29, 1.82) is 0 Å². The van der Waals surface area contributed by atoms with Crippen molar-refractivity contribution >= 4 is 23.8 Å². The van der Waals surface area contributed by atoms with Gasteiger partial charge in [0.1, 0.15) is 0 Å². The van der Waals surface area contributed by atoms with Gasteiger partial charge >= 0.3 is 0 Å². The van der Waals surface area contributed by atoms with Crippen LogP contribution in [0.5, 0.6) is 0 Å². The molecule has 0 saturated heterocycles. The van der Waals surface area contributed by atoms with Gasteiger partial charge in [0.25, 0.3) is 5.91 Å². The van der Waals surface area contributed by atoms with Gasteiger partial charge in [0.05, 0.1) is 39.1 Å². The number of aromatic nitrogens is 3. The lowest BCUT2D eigenvalue weighted by Crippen LogP contribution is -2.30. The summed E-state index contributed by atoms with van der Waals surface area (Å²) >= 11 is 0. The molecule has 3 aromatic rings. The Labute approximate surface area is 236 Å². The molecule has 5 N–H and O–H groups in total. The molecule has 11 nitrogen and oxygen atoms in total. The Bertz CT molecular complexity index is 1120. The van der Waals surface area contributed by atoms with Crippen LogP contribution in [0.25, 0.3) is 0 Å². The monoisotopic (exact) mass is 551 g/mol. The van der Waals surface area contributed by atoms with E-state index in [1.165, 1.54) is 5.56 Å². The van der Waals surface area contributed by atoms with E-state index < -0.39 is 0 Å². The Morgan fingerprint density at radius 2 is 1.35 bits per heavy atom. The predicted molar refractivity (Wildman–Crippen MR) is 157 cm³/mol. The highest BCUT2D eigenvalue weighted by Gasteiger charge is 2.15. The van der Waals surface area contributed by atoms with Crippen molar-refractivity contribution in [2.45, 2.75) is 26.3 Å². The molecule has 0 bridgehead atoms. The van der Waals surface area contributed by atoms with Gasteiger partial charge in [0.15, 0.2) is 0 Å². The number of rotatable bonds is 19. The van der Waals surface area contributed by atoms with E-state index in [9.17, 15) is 9.90 Å². The molecule has 3 rings (SSSR count). The van der Waals surface area contributed by atoms with E-state index in [1.807, 2.05) is 50.2 Å². The number of anilines is 3. The Balaban J connectivity index is 1.37. The van der Waals surface area contributed by atoms with Gasteiger partial charge in [0, 0.05) is 25.2 Å². The van der Waals surface area contributed by atoms with Crippen LogP contribution in [0.15, 0.2) is 60.7 Å². The van der Waals surface area contributed by atoms with E-state index in [0.29, 0.717) is 69.5 Å². The topological polar surface area (TPSA) is 143 Å². The summed E-state index contributed by atoms with van der Waals surface area (Å²) in [5.41, 5.74) is 1.85. The SMILES string of the molecule is CC(C)[C@H](CO)Nc1nc(NCCOCCOCCNC(=O)c2ccccc2)nc(NCCc2ccccc2)n1. The maximum Gasteiger partial charge on any atom is 0.251 e. The molecule has 0 saturated carbocycles. The number of benzene rings is 2. The standard InChI is InChI=1S/C29H41N7O4/c1-22(2)25(21-37)33-29-35-27(31-14-13-23-9-5-3-6-10-23)34-28(36-29)32-16-18-40-20-19-39-17-15-30-26(38)24-11-7-4-8-12-24/h3-12,22,25,37H,13-21H2,1-2H3,(H,30,38)(H3,31,32,33,34,35,36)/t25-/m0/s1. The summed E-state index contributed by atoms with van der Waals surface area (Å²) in [5.74, 6) is 1.33. The van der Waals surface area contributed by atoms with Crippen molar-refractivity contribution in [3.05, 3.63) is 71.8 Å². The number of nitrogens with zero attached hydrogens (tertiary/aromatic N) is 3. The number of hydrogen-bond donors (Lipinski definition) is 5. The zero-order valence-corrected chi connectivity index (χ0v) is 23.3. The lowest BCUT2D eigenvalue weighted by Gasteiger charge is -2.20. The number of amides is 1. The van der Waals surface area contributed by atoms with Crippen LogP contribution >= 0.6 is 0 Å². The molecule has 0 spiro atoms. The minimum Gasteiger partial charge on any atom is -0.394 e. The van der Waals surface area contributed by atoms with Crippen LogP contribution in [0, 0.1) is 5.92 Å². The predicted octanol–water partition coefficient (Wildman–Crippen LogP) is 2.83. The average molecular weight is 552 g/mol. The van der Waals surface area contributed by atoms with Gasteiger partial charge in [-0.2, -0.15) is 15.0 Å². The minimum atomic E-state index is -0.178. The lowest BCUT2D eigenvalue weighted by molar-refractivity contribution is 0.0519. The number of aliphatic hydroxyl groups is 1. The largest absolute Gasteiger partial charge is 0.394 e. The molecule has 0 aliphatic carbocycles. The molecule has 1 aromatic heterocycles. The van der Waals surface area contributed by atoms with Crippen molar-refractivity contribution in [2.75, 3.05) is 68.6 Å². The zero-order valence-electron chi connectivity index (χ0n) is 23.3. The number of hydrogen-bond acceptors (Lipinski definition) is 10. The summed E-state index contributed by atoms with van der Waals surface area (Å²) < 4.78 is 11.2. The number of carbonyl (C=O) groups excluding carboxylic acids is 1. The maximum atomic E-state index is 12.0. The smallest absolute Gasteiger partial charge is 0.251 e. The third kappa shape index (κ3) is 11.5. The molecule has 216 valence electrons. The molecule has 0 unspecified atom stereocenters. The van der Waals surface area contributed by atoms with Crippen LogP contribution in [0.4, 0.5) is 17.8 Å². The molecule has 1 heterocycles. The molecule has 0 aliphatic heterocycles. The third-order valence-electron chi connectivity index (χ3n) is 5.96. The quantitative estimate of drug-likeness (QED) is 0.141. The summed E-state index contributed by atoms with van der Waals surface area (Å²) in [6.45, 7) is 7.30. The van der Waals surface area contributed by atoms with E-state index in [4.69, 9.17) is 9.47 Å². The van der Waals surface area contributed by atoms with Crippen molar-refractivity contribution in [3.63, 3.8) is 0 Å². The van der Waals surface area contributed by atoms with E-state index in [-0.39, 0.29) is 24.5 Å². The molecule has 2 aromatic carbocycles. The molecule has 1 amide bonds.